The molecule has 2 rings (SSSR count). The molecule has 2 nitrogen and oxygen atoms in total. The van der Waals surface area contributed by atoms with Gasteiger partial charge in [-0.15, -0.1) is 0 Å². The van der Waals surface area contributed by atoms with Gasteiger partial charge < -0.3 is 5.73 Å². The van der Waals surface area contributed by atoms with Crippen molar-refractivity contribution in [2.24, 2.45) is 5.73 Å². The minimum atomic E-state index is -0.405. The summed E-state index contributed by atoms with van der Waals surface area (Å²) < 4.78 is 12.9. The predicted molar refractivity (Wildman–Crippen MR) is 78.6 cm³/mol. The number of ketones is 1. The van der Waals surface area contributed by atoms with Crippen molar-refractivity contribution < 1.29 is 9.18 Å². The van der Waals surface area contributed by atoms with E-state index in [9.17, 15) is 9.18 Å². The number of Topliss-reactive ketones (excluding diaryl/α,β-unsaturated/α-hetero) is 1. The van der Waals surface area contributed by atoms with Gasteiger partial charge in [-0.25, -0.2) is 4.39 Å². The molecule has 104 valence electrons. The summed E-state index contributed by atoms with van der Waals surface area (Å²) >= 11 is 5.92. The van der Waals surface area contributed by atoms with Crippen molar-refractivity contribution in [3.8, 4) is 0 Å². The SMILES string of the molecule is NCCc1ccc(C(=O)Cc2ccc(F)cc2Cl)cc1. The first-order chi connectivity index (χ1) is 9.60. The van der Waals surface area contributed by atoms with Crippen LogP contribution in [0.2, 0.25) is 5.02 Å². The molecule has 0 bridgehead atoms. The third-order valence-electron chi connectivity index (χ3n) is 3.08. The second-order valence-corrected chi connectivity index (χ2v) is 4.98. The number of carbonyl (C=O) groups is 1. The van der Waals surface area contributed by atoms with E-state index in [-0.39, 0.29) is 17.2 Å². The molecule has 0 aromatic heterocycles. The van der Waals surface area contributed by atoms with E-state index in [4.69, 9.17) is 17.3 Å². The fraction of sp³-hybridized carbons (Fsp3) is 0.188. The summed E-state index contributed by atoms with van der Waals surface area (Å²) in [5, 5.41) is 0.276. The van der Waals surface area contributed by atoms with Crippen LogP contribution in [0.4, 0.5) is 4.39 Å². The summed E-state index contributed by atoms with van der Waals surface area (Å²) in [5.74, 6) is -0.449. The number of hydrogen-bond donors (Lipinski definition) is 1. The van der Waals surface area contributed by atoms with Crippen LogP contribution in [-0.2, 0) is 12.8 Å². The molecule has 2 N–H and O–H groups in total. The van der Waals surface area contributed by atoms with Gasteiger partial charge in [-0.2, -0.15) is 0 Å². The van der Waals surface area contributed by atoms with Crippen LogP contribution in [-0.4, -0.2) is 12.3 Å². The fourth-order valence-electron chi connectivity index (χ4n) is 1.96. The lowest BCUT2D eigenvalue weighted by atomic mass is 10.0. The summed E-state index contributed by atoms with van der Waals surface area (Å²) in [4.78, 5) is 12.1. The van der Waals surface area contributed by atoms with Crippen molar-refractivity contribution in [3.05, 3.63) is 70.0 Å². The van der Waals surface area contributed by atoms with Crippen LogP contribution < -0.4 is 5.73 Å². The summed E-state index contributed by atoms with van der Waals surface area (Å²) in [7, 11) is 0. The Morgan fingerprint density at radius 1 is 1.15 bits per heavy atom. The highest BCUT2D eigenvalue weighted by Crippen LogP contribution is 2.19. The second kappa shape index (κ2) is 6.64. The van der Waals surface area contributed by atoms with Crippen molar-refractivity contribution >= 4 is 17.4 Å². The van der Waals surface area contributed by atoms with E-state index < -0.39 is 5.82 Å². The van der Waals surface area contributed by atoms with Gasteiger partial charge in [-0.05, 0) is 36.2 Å². The third kappa shape index (κ3) is 3.65. The molecule has 0 saturated carbocycles. The van der Waals surface area contributed by atoms with E-state index in [0.717, 1.165) is 12.0 Å². The first-order valence-electron chi connectivity index (χ1n) is 6.36. The molecule has 0 spiro atoms. The minimum absolute atomic E-state index is 0.0437. The maximum atomic E-state index is 12.9. The molecule has 0 aliphatic carbocycles. The number of benzene rings is 2. The monoisotopic (exact) mass is 291 g/mol. The molecule has 2 aromatic carbocycles. The Hall–Kier alpha value is -1.71. The number of halogens is 2. The van der Waals surface area contributed by atoms with Gasteiger partial charge in [0.15, 0.2) is 5.78 Å². The van der Waals surface area contributed by atoms with Crippen molar-refractivity contribution in [3.63, 3.8) is 0 Å². The topological polar surface area (TPSA) is 43.1 Å². The molecular formula is C16H15ClFNO. The van der Waals surface area contributed by atoms with Gasteiger partial charge in [0.1, 0.15) is 5.82 Å². The Kier molecular flexibility index (Phi) is 4.88. The molecule has 0 saturated heterocycles. The van der Waals surface area contributed by atoms with Gasteiger partial charge in [0.2, 0.25) is 0 Å². The average Bonchev–Trinajstić information content (AvgIpc) is 2.43. The van der Waals surface area contributed by atoms with Gasteiger partial charge in [0.05, 0.1) is 0 Å². The van der Waals surface area contributed by atoms with Crippen molar-refractivity contribution in [1.29, 1.82) is 0 Å². The second-order valence-electron chi connectivity index (χ2n) is 4.57. The average molecular weight is 292 g/mol. The largest absolute Gasteiger partial charge is 0.330 e. The maximum Gasteiger partial charge on any atom is 0.167 e. The third-order valence-corrected chi connectivity index (χ3v) is 3.43. The zero-order chi connectivity index (χ0) is 14.5. The Labute approximate surface area is 122 Å². The van der Waals surface area contributed by atoms with Crippen molar-refractivity contribution in [2.45, 2.75) is 12.8 Å². The molecule has 0 unspecified atom stereocenters. The molecule has 0 amide bonds. The summed E-state index contributed by atoms with van der Waals surface area (Å²) in [6.07, 6.45) is 0.952. The number of carbonyl (C=O) groups excluding carboxylic acids is 1. The maximum absolute atomic E-state index is 12.9. The standard InChI is InChI=1S/C16H15ClFNO/c17-15-10-14(18)6-5-13(15)9-16(20)12-3-1-11(2-4-12)7-8-19/h1-6,10H,7-9,19H2. The molecule has 2 aromatic rings. The Morgan fingerprint density at radius 3 is 2.45 bits per heavy atom. The fourth-order valence-corrected chi connectivity index (χ4v) is 2.20. The molecule has 20 heavy (non-hydrogen) atoms. The van der Waals surface area contributed by atoms with Crippen LogP contribution in [0.5, 0.6) is 0 Å². The molecular weight excluding hydrogens is 277 g/mol. The Bertz CT molecular complexity index is 610. The lowest BCUT2D eigenvalue weighted by molar-refractivity contribution is 0.0993. The van der Waals surface area contributed by atoms with E-state index >= 15 is 0 Å². The van der Waals surface area contributed by atoms with Crippen molar-refractivity contribution in [2.75, 3.05) is 6.54 Å². The van der Waals surface area contributed by atoms with E-state index in [0.29, 0.717) is 17.7 Å². The minimum Gasteiger partial charge on any atom is -0.330 e. The summed E-state index contributed by atoms with van der Waals surface area (Å²) in [6.45, 7) is 0.582. The van der Waals surface area contributed by atoms with E-state index in [2.05, 4.69) is 0 Å². The highest BCUT2D eigenvalue weighted by Gasteiger charge is 2.10. The van der Waals surface area contributed by atoms with E-state index in [1.54, 1.807) is 18.2 Å². The quantitative estimate of drug-likeness (QED) is 0.858. The van der Waals surface area contributed by atoms with Crippen molar-refractivity contribution in [1.82, 2.24) is 0 Å². The Balaban J connectivity index is 2.11. The number of hydrogen-bond acceptors (Lipinski definition) is 2. The first kappa shape index (κ1) is 14.7. The lowest BCUT2D eigenvalue weighted by Crippen LogP contribution is -2.06. The summed E-state index contributed by atoms with van der Waals surface area (Å²) in [5.41, 5.74) is 7.82. The van der Waals surface area contributed by atoms with Crippen LogP contribution in [0.15, 0.2) is 42.5 Å². The van der Waals surface area contributed by atoms with Gasteiger partial charge in [0, 0.05) is 17.0 Å². The smallest absolute Gasteiger partial charge is 0.167 e. The Morgan fingerprint density at radius 2 is 1.85 bits per heavy atom. The lowest BCUT2D eigenvalue weighted by Gasteiger charge is -2.05. The molecule has 0 fully saturated rings. The molecule has 0 aliphatic rings. The van der Waals surface area contributed by atoms with Gasteiger partial charge in [-0.1, -0.05) is 41.9 Å². The molecule has 0 aliphatic heterocycles. The zero-order valence-corrected chi connectivity index (χ0v) is 11.7. The van der Waals surface area contributed by atoms with E-state index in [1.165, 1.54) is 12.1 Å². The van der Waals surface area contributed by atoms with Gasteiger partial charge >= 0.3 is 0 Å². The molecule has 0 radical (unpaired) electrons. The van der Waals surface area contributed by atoms with Gasteiger partial charge in [-0.3, -0.25) is 4.79 Å². The highest BCUT2D eigenvalue weighted by molar-refractivity contribution is 6.31. The van der Waals surface area contributed by atoms with Crippen LogP contribution in [0.1, 0.15) is 21.5 Å². The van der Waals surface area contributed by atoms with Crippen LogP contribution >= 0.6 is 11.6 Å². The number of rotatable bonds is 5. The van der Waals surface area contributed by atoms with E-state index in [1.807, 2.05) is 12.1 Å². The van der Waals surface area contributed by atoms with Gasteiger partial charge in [0.25, 0.3) is 0 Å². The van der Waals surface area contributed by atoms with Crippen LogP contribution in [0.3, 0.4) is 0 Å². The van der Waals surface area contributed by atoms with Crippen LogP contribution in [0.25, 0.3) is 0 Å². The van der Waals surface area contributed by atoms with Crippen LogP contribution in [0, 0.1) is 5.82 Å². The zero-order valence-electron chi connectivity index (χ0n) is 10.9. The molecule has 4 heteroatoms. The predicted octanol–water partition coefficient (Wildman–Crippen LogP) is 3.41. The first-order valence-corrected chi connectivity index (χ1v) is 6.74. The summed E-state index contributed by atoms with van der Waals surface area (Å²) in [6, 6.07) is 11.4. The normalized spacial score (nSPS) is 10.6. The number of nitrogens with two attached hydrogens (primary N) is 1. The molecule has 0 atom stereocenters. The highest BCUT2D eigenvalue weighted by atomic mass is 35.5. The molecule has 0 heterocycles.